The topological polar surface area (TPSA) is 27.0 Å². The number of piperidine rings is 1. The number of likely N-dealkylation sites (tertiary alicyclic amines) is 1. The standard InChI is InChI=1S/C15H19FN2/c1-11-3-4-12(2)18(9-11)10-14-6-5-13(8-17)7-15(14)16/h5-7,11-12H,3-4,9-10H2,1-2H3. The Morgan fingerprint density at radius 3 is 2.83 bits per heavy atom. The molecule has 0 amide bonds. The maximum Gasteiger partial charge on any atom is 0.129 e. The normalized spacial score (nSPS) is 24.8. The number of nitriles is 1. The van der Waals surface area contributed by atoms with Gasteiger partial charge in [0.25, 0.3) is 0 Å². The van der Waals surface area contributed by atoms with E-state index in [1.165, 1.54) is 18.9 Å². The van der Waals surface area contributed by atoms with Crippen LogP contribution in [-0.2, 0) is 6.54 Å². The van der Waals surface area contributed by atoms with Crippen molar-refractivity contribution in [2.45, 2.75) is 39.3 Å². The molecule has 0 aliphatic carbocycles. The summed E-state index contributed by atoms with van der Waals surface area (Å²) in [6.07, 6.45) is 2.44. The van der Waals surface area contributed by atoms with E-state index < -0.39 is 0 Å². The molecule has 0 bridgehead atoms. The molecule has 2 atom stereocenters. The molecule has 1 saturated heterocycles. The predicted molar refractivity (Wildman–Crippen MR) is 69.4 cm³/mol. The van der Waals surface area contributed by atoms with E-state index in [4.69, 9.17) is 5.26 Å². The van der Waals surface area contributed by atoms with Crippen LogP contribution in [0.5, 0.6) is 0 Å². The van der Waals surface area contributed by atoms with Gasteiger partial charge in [0.2, 0.25) is 0 Å². The van der Waals surface area contributed by atoms with Crippen molar-refractivity contribution in [3.8, 4) is 6.07 Å². The fourth-order valence-electron chi connectivity index (χ4n) is 2.56. The van der Waals surface area contributed by atoms with Crippen LogP contribution in [0.15, 0.2) is 18.2 Å². The summed E-state index contributed by atoms with van der Waals surface area (Å²) >= 11 is 0. The van der Waals surface area contributed by atoms with E-state index in [9.17, 15) is 4.39 Å². The number of rotatable bonds is 2. The van der Waals surface area contributed by atoms with Gasteiger partial charge in [-0.25, -0.2) is 4.39 Å². The summed E-state index contributed by atoms with van der Waals surface area (Å²) < 4.78 is 13.8. The van der Waals surface area contributed by atoms with Crippen molar-refractivity contribution in [3.63, 3.8) is 0 Å². The number of hydrogen-bond donors (Lipinski definition) is 0. The minimum absolute atomic E-state index is 0.264. The van der Waals surface area contributed by atoms with Gasteiger partial charge in [0, 0.05) is 24.7 Å². The molecule has 18 heavy (non-hydrogen) atoms. The summed E-state index contributed by atoms with van der Waals surface area (Å²) in [4.78, 5) is 2.33. The van der Waals surface area contributed by atoms with E-state index in [0.29, 0.717) is 29.6 Å². The Hall–Kier alpha value is -1.40. The van der Waals surface area contributed by atoms with Crippen LogP contribution in [0.25, 0.3) is 0 Å². The Morgan fingerprint density at radius 1 is 1.39 bits per heavy atom. The molecule has 1 aliphatic heterocycles. The van der Waals surface area contributed by atoms with Gasteiger partial charge < -0.3 is 0 Å². The SMILES string of the molecule is CC1CCC(C)N(Cc2ccc(C#N)cc2F)C1. The lowest BCUT2D eigenvalue weighted by molar-refractivity contribution is 0.116. The summed E-state index contributed by atoms with van der Waals surface area (Å²) in [5.41, 5.74) is 1.08. The zero-order valence-corrected chi connectivity index (χ0v) is 11.0. The van der Waals surface area contributed by atoms with Crippen molar-refractivity contribution in [2.24, 2.45) is 5.92 Å². The zero-order valence-electron chi connectivity index (χ0n) is 11.0. The highest BCUT2D eigenvalue weighted by Crippen LogP contribution is 2.24. The van der Waals surface area contributed by atoms with Gasteiger partial charge in [0.1, 0.15) is 5.82 Å². The van der Waals surface area contributed by atoms with Crippen LogP contribution in [0.3, 0.4) is 0 Å². The monoisotopic (exact) mass is 246 g/mol. The molecule has 0 N–H and O–H groups in total. The number of nitrogens with zero attached hydrogens (tertiary/aromatic N) is 2. The van der Waals surface area contributed by atoms with Crippen LogP contribution in [0.4, 0.5) is 4.39 Å². The largest absolute Gasteiger partial charge is 0.296 e. The van der Waals surface area contributed by atoms with Crippen molar-refractivity contribution in [2.75, 3.05) is 6.54 Å². The second-order valence-corrected chi connectivity index (χ2v) is 5.38. The number of benzene rings is 1. The van der Waals surface area contributed by atoms with Crippen molar-refractivity contribution < 1.29 is 4.39 Å². The maximum atomic E-state index is 13.8. The summed E-state index contributed by atoms with van der Waals surface area (Å²) in [6, 6.07) is 7.22. The Labute approximate surface area is 108 Å². The Bertz CT molecular complexity index is 464. The number of hydrogen-bond acceptors (Lipinski definition) is 2. The van der Waals surface area contributed by atoms with Gasteiger partial charge in [-0.15, -0.1) is 0 Å². The average Bonchev–Trinajstić information content (AvgIpc) is 2.36. The molecule has 0 aromatic heterocycles. The van der Waals surface area contributed by atoms with Crippen molar-refractivity contribution in [3.05, 3.63) is 35.1 Å². The summed E-state index contributed by atoms with van der Waals surface area (Å²) in [7, 11) is 0. The third-order valence-electron chi connectivity index (χ3n) is 3.80. The first-order valence-electron chi connectivity index (χ1n) is 6.52. The second kappa shape index (κ2) is 5.49. The molecule has 1 aliphatic rings. The molecule has 1 aromatic rings. The first-order chi connectivity index (χ1) is 8.60. The maximum absolute atomic E-state index is 13.8. The fourth-order valence-corrected chi connectivity index (χ4v) is 2.56. The fraction of sp³-hybridized carbons (Fsp3) is 0.533. The molecule has 2 rings (SSSR count). The molecular weight excluding hydrogens is 227 g/mol. The van der Waals surface area contributed by atoms with Gasteiger partial charge in [-0.2, -0.15) is 5.26 Å². The number of halogens is 1. The molecular formula is C15H19FN2. The lowest BCUT2D eigenvalue weighted by atomic mass is 9.94. The van der Waals surface area contributed by atoms with Crippen LogP contribution >= 0.6 is 0 Å². The highest BCUT2D eigenvalue weighted by atomic mass is 19.1. The minimum Gasteiger partial charge on any atom is -0.296 e. The summed E-state index contributed by atoms with van der Waals surface area (Å²) in [5, 5.41) is 8.72. The van der Waals surface area contributed by atoms with E-state index in [2.05, 4.69) is 18.7 Å². The first kappa shape index (κ1) is 13.0. The molecule has 0 radical (unpaired) electrons. The summed E-state index contributed by atoms with van der Waals surface area (Å²) in [5.74, 6) is 0.419. The van der Waals surface area contributed by atoms with Crippen molar-refractivity contribution in [1.82, 2.24) is 4.90 Å². The van der Waals surface area contributed by atoms with Gasteiger partial charge in [-0.1, -0.05) is 13.0 Å². The zero-order chi connectivity index (χ0) is 13.1. The van der Waals surface area contributed by atoms with E-state index in [-0.39, 0.29) is 5.82 Å². The molecule has 1 aromatic carbocycles. The third-order valence-corrected chi connectivity index (χ3v) is 3.80. The highest BCUT2D eigenvalue weighted by Gasteiger charge is 2.23. The molecule has 1 heterocycles. The van der Waals surface area contributed by atoms with E-state index in [1.807, 2.05) is 6.07 Å². The highest BCUT2D eigenvalue weighted by molar-refractivity contribution is 5.32. The van der Waals surface area contributed by atoms with E-state index in [1.54, 1.807) is 12.1 Å². The summed E-state index contributed by atoms with van der Waals surface area (Å²) in [6.45, 7) is 6.12. The lowest BCUT2D eigenvalue weighted by Crippen LogP contribution is -2.40. The van der Waals surface area contributed by atoms with Crippen LogP contribution in [0.2, 0.25) is 0 Å². The Morgan fingerprint density at radius 2 is 2.17 bits per heavy atom. The van der Waals surface area contributed by atoms with E-state index in [0.717, 1.165) is 6.54 Å². The Balaban J connectivity index is 2.11. The second-order valence-electron chi connectivity index (χ2n) is 5.38. The molecule has 3 heteroatoms. The van der Waals surface area contributed by atoms with Crippen LogP contribution in [0, 0.1) is 23.1 Å². The molecule has 96 valence electrons. The van der Waals surface area contributed by atoms with Crippen molar-refractivity contribution >= 4 is 0 Å². The van der Waals surface area contributed by atoms with Gasteiger partial charge in [-0.05, 0) is 37.8 Å². The quantitative estimate of drug-likeness (QED) is 0.800. The average molecular weight is 246 g/mol. The van der Waals surface area contributed by atoms with Gasteiger partial charge in [0.15, 0.2) is 0 Å². The van der Waals surface area contributed by atoms with Crippen molar-refractivity contribution in [1.29, 1.82) is 5.26 Å². The lowest BCUT2D eigenvalue weighted by Gasteiger charge is -2.36. The molecule has 2 nitrogen and oxygen atoms in total. The predicted octanol–water partition coefficient (Wildman–Crippen LogP) is 3.32. The third kappa shape index (κ3) is 2.88. The molecule has 0 spiro atoms. The molecule has 0 saturated carbocycles. The molecule has 1 fully saturated rings. The van der Waals surface area contributed by atoms with E-state index >= 15 is 0 Å². The minimum atomic E-state index is -0.264. The Kier molecular flexibility index (Phi) is 3.98. The van der Waals surface area contributed by atoms with Crippen LogP contribution < -0.4 is 0 Å². The molecule has 2 unspecified atom stereocenters. The smallest absolute Gasteiger partial charge is 0.129 e. The van der Waals surface area contributed by atoms with Gasteiger partial charge in [-0.3, -0.25) is 4.90 Å². The van der Waals surface area contributed by atoms with Gasteiger partial charge in [0.05, 0.1) is 11.6 Å². The van der Waals surface area contributed by atoms with Crippen LogP contribution in [0.1, 0.15) is 37.8 Å². The van der Waals surface area contributed by atoms with Gasteiger partial charge >= 0.3 is 0 Å². The first-order valence-corrected chi connectivity index (χ1v) is 6.52. The van der Waals surface area contributed by atoms with Crippen LogP contribution in [-0.4, -0.2) is 17.5 Å².